The molecule has 0 atom stereocenters. The van der Waals surface area contributed by atoms with E-state index in [-0.39, 0.29) is 11.7 Å². The number of ether oxygens (including phenoxy) is 3. The van der Waals surface area contributed by atoms with Crippen molar-refractivity contribution in [1.82, 2.24) is 15.0 Å². The number of hydrogen-bond acceptors (Lipinski definition) is 5. The highest BCUT2D eigenvalue weighted by atomic mass is 16.7. The molecule has 2 heterocycles. The number of rotatable bonds is 6. The third-order valence-corrected chi connectivity index (χ3v) is 5.69. The maximum Gasteiger partial charge on any atom is 0.177 e. The van der Waals surface area contributed by atoms with Crippen LogP contribution in [0.15, 0.2) is 24.4 Å². The normalized spacial score (nSPS) is 21.3. The van der Waals surface area contributed by atoms with E-state index in [0.717, 1.165) is 16.8 Å². The molecule has 0 bridgehead atoms. The van der Waals surface area contributed by atoms with Gasteiger partial charge in [-0.15, -0.1) is 5.10 Å². The molecule has 1 saturated heterocycles. The highest BCUT2D eigenvalue weighted by Gasteiger charge is 2.30. The minimum absolute atomic E-state index is 0.0673. The molecule has 3 aliphatic rings. The van der Waals surface area contributed by atoms with Crippen LogP contribution in [0.25, 0.3) is 11.3 Å². The average molecular weight is 408 g/mol. The lowest BCUT2D eigenvalue weighted by Crippen LogP contribution is -2.39. The number of aromatic nitrogens is 3. The molecule has 6 nitrogen and oxygen atoms in total. The first-order valence-corrected chi connectivity index (χ1v) is 10.9. The molecule has 2 saturated carbocycles. The minimum atomic E-state index is -0.272. The zero-order valence-electron chi connectivity index (χ0n) is 17.8. The Morgan fingerprint density at radius 3 is 2.70 bits per heavy atom. The third-order valence-electron chi connectivity index (χ3n) is 5.69. The quantitative estimate of drug-likeness (QED) is 0.683. The Hall–Kier alpha value is -2.20. The van der Waals surface area contributed by atoms with Crippen LogP contribution in [0, 0.1) is 17.3 Å². The Morgan fingerprint density at radius 2 is 1.97 bits per heavy atom. The van der Waals surface area contributed by atoms with Gasteiger partial charge in [0.05, 0.1) is 32.1 Å². The van der Waals surface area contributed by atoms with Crippen molar-refractivity contribution >= 4 is 0 Å². The number of nitrogens with zero attached hydrogens (tertiary/aromatic N) is 3. The molecule has 3 fully saturated rings. The molecule has 2 aromatic rings. The summed E-state index contributed by atoms with van der Waals surface area (Å²) in [5, 5.41) is 8.74. The minimum Gasteiger partial charge on any atom is -0.366 e. The Balaban J connectivity index is 1.28. The van der Waals surface area contributed by atoms with Crippen molar-refractivity contribution in [3.8, 4) is 23.1 Å². The van der Waals surface area contributed by atoms with Crippen molar-refractivity contribution in [1.29, 1.82) is 0 Å². The van der Waals surface area contributed by atoms with Gasteiger partial charge in [-0.05, 0) is 49.3 Å². The van der Waals surface area contributed by atoms with Gasteiger partial charge in [0, 0.05) is 16.5 Å². The number of benzene rings is 1. The van der Waals surface area contributed by atoms with Crippen LogP contribution >= 0.6 is 0 Å². The molecule has 158 valence electrons. The summed E-state index contributed by atoms with van der Waals surface area (Å²) in [6.45, 7) is 6.74. The standard InChI is InChI=1S/C24H29N3O3/c1-24(2)15-29-23(30-16-24)14-27-13-22(25-26-27)20-10-5-17(12-21(20)18-6-7-18)4-3-11-28-19-8-9-19/h5,10,12-13,18-19,23H,6-9,11,14-16H2,1-2H3. The highest BCUT2D eigenvalue weighted by molar-refractivity contribution is 5.66. The maximum absolute atomic E-state index is 5.83. The highest BCUT2D eigenvalue weighted by Crippen LogP contribution is 2.44. The van der Waals surface area contributed by atoms with Gasteiger partial charge in [-0.1, -0.05) is 37.0 Å². The van der Waals surface area contributed by atoms with Gasteiger partial charge < -0.3 is 14.2 Å². The molecular weight excluding hydrogens is 378 g/mol. The average Bonchev–Trinajstić information content (AvgIpc) is 3.66. The Morgan fingerprint density at radius 1 is 1.17 bits per heavy atom. The van der Waals surface area contributed by atoms with Crippen LogP contribution < -0.4 is 0 Å². The predicted octanol–water partition coefficient (Wildman–Crippen LogP) is 3.75. The van der Waals surface area contributed by atoms with E-state index >= 15 is 0 Å². The second-order valence-electron chi connectivity index (χ2n) is 9.43. The van der Waals surface area contributed by atoms with Gasteiger partial charge in [0.1, 0.15) is 12.3 Å². The summed E-state index contributed by atoms with van der Waals surface area (Å²) < 4.78 is 19.1. The summed E-state index contributed by atoms with van der Waals surface area (Å²) in [6, 6.07) is 6.41. The Kier molecular flexibility index (Phi) is 5.36. The van der Waals surface area contributed by atoms with Gasteiger partial charge in [-0.3, -0.25) is 0 Å². The zero-order valence-corrected chi connectivity index (χ0v) is 17.8. The molecule has 6 heteroatoms. The molecular formula is C24H29N3O3. The molecule has 0 radical (unpaired) electrons. The van der Waals surface area contributed by atoms with E-state index in [0.29, 0.717) is 38.4 Å². The first-order chi connectivity index (χ1) is 14.6. The first kappa shape index (κ1) is 19.7. The Bertz CT molecular complexity index is 954. The smallest absolute Gasteiger partial charge is 0.177 e. The largest absolute Gasteiger partial charge is 0.366 e. The van der Waals surface area contributed by atoms with E-state index in [1.54, 1.807) is 0 Å². The van der Waals surface area contributed by atoms with E-state index in [4.69, 9.17) is 14.2 Å². The zero-order chi connectivity index (χ0) is 20.6. The third kappa shape index (κ3) is 4.92. The van der Waals surface area contributed by atoms with Crippen LogP contribution in [0.1, 0.15) is 56.6 Å². The maximum atomic E-state index is 5.83. The molecule has 0 unspecified atom stereocenters. The summed E-state index contributed by atoms with van der Waals surface area (Å²) in [7, 11) is 0. The van der Waals surface area contributed by atoms with E-state index in [2.05, 4.69) is 54.2 Å². The lowest BCUT2D eigenvalue weighted by atomic mass is 9.96. The van der Waals surface area contributed by atoms with Crippen LogP contribution in [-0.2, 0) is 20.8 Å². The lowest BCUT2D eigenvalue weighted by molar-refractivity contribution is -0.227. The fourth-order valence-electron chi connectivity index (χ4n) is 3.63. The van der Waals surface area contributed by atoms with Gasteiger partial charge in [0.25, 0.3) is 0 Å². The first-order valence-electron chi connectivity index (χ1n) is 10.9. The topological polar surface area (TPSA) is 58.4 Å². The molecule has 1 aliphatic heterocycles. The summed E-state index contributed by atoms with van der Waals surface area (Å²) in [6.07, 6.45) is 6.97. The number of hydrogen-bond donors (Lipinski definition) is 0. The van der Waals surface area contributed by atoms with E-state index in [9.17, 15) is 0 Å². The van der Waals surface area contributed by atoms with Crippen molar-refractivity contribution in [2.45, 2.75) is 64.4 Å². The van der Waals surface area contributed by atoms with Gasteiger partial charge in [0.2, 0.25) is 0 Å². The van der Waals surface area contributed by atoms with E-state index in [1.165, 1.54) is 31.2 Å². The van der Waals surface area contributed by atoms with Crippen molar-refractivity contribution in [3.63, 3.8) is 0 Å². The fourth-order valence-corrected chi connectivity index (χ4v) is 3.63. The predicted molar refractivity (Wildman–Crippen MR) is 113 cm³/mol. The van der Waals surface area contributed by atoms with E-state index < -0.39 is 0 Å². The molecule has 0 spiro atoms. The van der Waals surface area contributed by atoms with Crippen molar-refractivity contribution in [2.75, 3.05) is 19.8 Å². The second-order valence-corrected chi connectivity index (χ2v) is 9.43. The molecule has 2 aliphatic carbocycles. The molecule has 1 aromatic carbocycles. The second kappa shape index (κ2) is 8.14. The lowest BCUT2D eigenvalue weighted by Gasteiger charge is -2.34. The fraction of sp³-hybridized carbons (Fsp3) is 0.583. The van der Waals surface area contributed by atoms with Gasteiger partial charge in [-0.25, -0.2) is 4.68 Å². The SMILES string of the molecule is CC1(C)COC(Cn2cc(-c3ccc(C#CCOC4CC4)cc3C3CC3)nn2)OC1. The summed E-state index contributed by atoms with van der Waals surface area (Å²) in [5.41, 5.74) is 4.47. The Labute approximate surface area is 177 Å². The van der Waals surface area contributed by atoms with Crippen LogP contribution in [0.3, 0.4) is 0 Å². The molecule has 5 rings (SSSR count). The molecule has 1 aromatic heterocycles. The van der Waals surface area contributed by atoms with Crippen LogP contribution in [0.2, 0.25) is 0 Å². The van der Waals surface area contributed by atoms with Gasteiger partial charge in [0.15, 0.2) is 6.29 Å². The summed E-state index contributed by atoms with van der Waals surface area (Å²) >= 11 is 0. The van der Waals surface area contributed by atoms with Gasteiger partial charge in [-0.2, -0.15) is 0 Å². The summed E-state index contributed by atoms with van der Waals surface area (Å²) in [4.78, 5) is 0. The summed E-state index contributed by atoms with van der Waals surface area (Å²) in [5.74, 6) is 6.99. The van der Waals surface area contributed by atoms with Crippen LogP contribution in [-0.4, -0.2) is 47.2 Å². The van der Waals surface area contributed by atoms with Gasteiger partial charge >= 0.3 is 0 Å². The van der Waals surface area contributed by atoms with Crippen molar-refractivity contribution in [3.05, 3.63) is 35.5 Å². The van der Waals surface area contributed by atoms with Crippen LogP contribution in [0.5, 0.6) is 0 Å². The van der Waals surface area contributed by atoms with Crippen LogP contribution in [0.4, 0.5) is 0 Å². The van der Waals surface area contributed by atoms with E-state index in [1.807, 2.05) is 10.9 Å². The molecule has 0 N–H and O–H groups in total. The molecule has 30 heavy (non-hydrogen) atoms. The molecule has 0 amide bonds. The van der Waals surface area contributed by atoms with Crippen molar-refractivity contribution < 1.29 is 14.2 Å². The monoisotopic (exact) mass is 407 g/mol. The van der Waals surface area contributed by atoms with Crippen molar-refractivity contribution in [2.24, 2.45) is 5.41 Å².